The van der Waals surface area contributed by atoms with Gasteiger partial charge in [-0.05, 0) is 18.1 Å². The van der Waals surface area contributed by atoms with Gasteiger partial charge in [0.25, 0.3) is 6.01 Å². The summed E-state index contributed by atoms with van der Waals surface area (Å²) in [5.74, 6) is 1.14. The second-order valence-corrected chi connectivity index (χ2v) is 7.03. The van der Waals surface area contributed by atoms with Gasteiger partial charge in [-0.15, -0.1) is 0 Å². The second kappa shape index (κ2) is 8.48. The highest BCUT2D eigenvalue weighted by molar-refractivity contribution is 5.83. The lowest BCUT2D eigenvalue weighted by Gasteiger charge is -2.28. The SMILES string of the molecule is CCCCOc1nc(N)c2nc(O)n(Cc3ccc(N4CCNCC4)nc3)c2n1. The monoisotopic (exact) mass is 398 g/mol. The van der Waals surface area contributed by atoms with Crippen molar-refractivity contribution in [2.75, 3.05) is 43.4 Å². The van der Waals surface area contributed by atoms with Crippen LogP contribution in [0.2, 0.25) is 0 Å². The van der Waals surface area contributed by atoms with Crippen LogP contribution in [0.4, 0.5) is 11.6 Å². The summed E-state index contributed by atoms with van der Waals surface area (Å²) in [6.45, 7) is 6.76. The van der Waals surface area contributed by atoms with Crippen LogP contribution in [0.3, 0.4) is 0 Å². The van der Waals surface area contributed by atoms with Gasteiger partial charge in [0.2, 0.25) is 0 Å². The first-order valence-electron chi connectivity index (χ1n) is 9.92. The summed E-state index contributed by atoms with van der Waals surface area (Å²) in [7, 11) is 0. The van der Waals surface area contributed by atoms with Gasteiger partial charge in [-0.1, -0.05) is 19.4 Å². The van der Waals surface area contributed by atoms with E-state index in [1.807, 2.05) is 18.3 Å². The lowest BCUT2D eigenvalue weighted by atomic mass is 10.2. The molecular formula is C19H26N8O2. The summed E-state index contributed by atoms with van der Waals surface area (Å²) >= 11 is 0. The fraction of sp³-hybridized carbons (Fsp3) is 0.474. The number of hydrogen-bond donors (Lipinski definition) is 3. The van der Waals surface area contributed by atoms with E-state index in [1.165, 1.54) is 0 Å². The molecular weight excluding hydrogens is 372 g/mol. The largest absolute Gasteiger partial charge is 0.480 e. The first-order chi connectivity index (χ1) is 14.2. The fourth-order valence-corrected chi connectivity index (χ4v) is 3.28. The lowest BCUT2D eigenvalue weighted by molar-refractivity contribution is 0.286. The molecule has 0 bridgehead atoms. The lowest BCUT2D eigenvalue weighted by Crippen LogP contribution is -2.43. The van der Waals surface area contributed by atoms with Gasteiger partial charge in [-0.2, -0.15) is 15.0 Å². The zero-order chi connectivity index (χ0) is 20.2. The molecule has 1 aliphatic rings. The van der Waals surface area contributed by atoms with Gasteiger partial charge in [0.1, 0.15) is 5.82 Å². The van der Waals surface area contributed by atoms with Crippen LogP contribution in [-0.4, -0.2) is 62.4 Å². The van der Waals surface area contributed by atoms with Crippen molar-refractivity contribution < 1.29 is 9.84 Å². The predicted octanol–water partition coefficient (Wildman–Crippen LogP) is 1.15. The molecule has 10 heteroatoms. The second-order valence-electron chi connectivity index (χ2n) is 7.03. The number of fused-ring (bicyclic) bond motifs is 1. The summed E-state index contributed by atoms with van der Waals surface area (Å²) in [4.78, 5) is 19.5. The Labute approximate surface area is 168 Å². The summed E-state index contributed by atoms with van der Waals surface area (Å²) < 4.78 is 7.17. The molecule has 154 valence electrons. The van der Waals surface area contributed by atoms with Crippen LogP contribution in [0.25, 0.3) is 11.2 Å². The molecule has 4 rings (SSSR count). The number of pyridine rings is 1. The minimum Gasteiger partial charge on any atom is -0.480 e. The number of hydrogen-bond acceptors (Lipinski definition) is 9. The van der Waals surface area contributed by atoms with Crippen molar-refractivity contribution in [3.05, 3.63) is 23.9 Å². The highest BCUT2D eigenvalue weighted by Gasteiger charge is 2.18. The van der Waals surface area contributed by atoms with Gasteiger partial charge in [-0.25, -0.2) is 4.98 Å². The normalized spacial score (nSPS) is 14.4. The van der Waals surface area contributed by atoms with Crippen molar-refractivity contribution in [2.24, 2.45) is 0 Å². The summed E-state index contributed by atoms with van der Waals surface area (Å²) in [6.07, 6.45) is 3.72. The van der Waals surface area contributed by atoms with Crippen LogP contribution in [0.15, 0.2) is 18.3 Å². The molecule has 4 N–H and O–H groups in total. The van der Waals surface area contributed by atoms with E-state index in [-0.39, 0.29) is 17.8 Å². The van der Waals surface area contributed by atoms with Crippen LogP contribution in [-0.2, 0) is 6.54 Å². The molecule has 0 aliphatic carbocycles. The number of aromatic nitrogens is 5. The summed E-state index contributed by atoms with van der Waals surface area (Å²) in [6, 6.07) is 4.02. The van der Waals surface area contributed by atoms with E-state index < -0.39 is 0 Å². The number of rotatable bonds is 7. The van der Waals surface area contributed by atoms with Crippen molar-refractivity contribution in [3.8, 4) is 12.0 Å². The third-order valence-electron chi connectivity index (χ3n) is 4.90. The molecule has 1 saturated heterocycles. The van der Waals surface area contributed by atoms with Gasteiger partial charge < -0.3 is 25.8 Å². The van der Waals surface area contributed by atoms with Crippen molar-refractivity contribution in [2.45, 2.75) is 26.3 Å². The Balaban J connectivity index is 1.57. The Kier molecular flexibility index (Phi) is 5.61. The van der Waals surface area contributed by atoms with Gasteiger partial charge in [0.05, 0.1) is 13.2 Å². The van der Waals surface area contributed by atoms with Gasteiger partial charge in [-0.3, -0.25) is 4.57 Å². The van der Waals surface area contributed by atoms with Crippen molar-refractivity contribution in [1.82, 2.24) is 29.8 Å². The standard InChI is InChI=1S/C19H26N8O2/c1-2-3-10-29-18-24-16(20)15-17(25-18)27(19(28)23-15)12-13-4-5-14(22-11-13)26-8-6-21-7-9-26/h4-5,11,21H,2-3,6-10,12H2,1H3,(H,23,28)(H2,20,24,25). The van der Waals surface area contributed by atoms with E-state index in [1.54, 1.807) is 4.57 Å². The Morgan fingerprint density at radius 1 is 1.21 bits per heavy atom. The highest BCUT2D eigenvalue weighted by Crippen LogP contribution is 2.26. The van der Waals surface area contributed by atoms with Gasteiger partial charge in [0.15, 0.2) is 17.0 Å². The third-order valence-corrected chi connectivity index (χ3v) is 4.90. The smallest absolute Gasteiger partial charge is 0.320 e. The number of nitrogens with two attached hydrogens (primary N) is 1. The predicted molar refractivity (Wildman–Crippen MR) is 110 cm³/mol. The minimum absolute atomic E-state index is 0.169. The molecule has 0 spiro atoms. The van der Waals surface area contributed by atoms with Crippen molar-refractivity contribution >= 4 is 22.8 Å². The molecule has 0 atom stereocenters. The van der Waals surface area contributed by atoms with E-state index in [2.05, 4.69) is 37.1 Å². The molecule has 3 aromatic heterocycles. The Morgan fingerprint density at radius 3 is 2.76 bits per heavy atom. The fourth-order valence-electron chi connectivity index (χ4n) is 3.28. The number of nitrogens with one attached hydrogen (secondary N) is 1. The Hall–Kier alpha value is -3.14. The van der Waals surface area contributed by atoms with Crippen LogP contribution in [0, 0.1) is 0 Å². The summed E-state index contributed by atoms with van der Waals surface area (Å²) in [5, 5.41) is 13.7. The molecule has 0 unspecified atom stereocenters. The molecule has 0 amide bonds. The topological polar surface area (TPSA) is 127 Å². The third kappa shape index (κ3) is 4.16. The summed E-state index contributed by atoms with van der Waals surface area (Å²) in [5.41, 5.74) is 7.71. The number of anilines is 2. The van der Waals surface area contributed by atoms with E-state index in [0.717, 1.165) is 50.4 Å². The van der Waals surface area contributed by atoms with Crippen LogP contribution >= 0.6 is 0 Å². The number of piperazine rings is 1. The maximum atomic E-state index is 10.3. The van der Waals surface area contributed by atoms with Crippen LogP contribution < -0.4 is 20.7 Å². The highest BCUT2D eigenvalue weighted by atomic mass is 16.5. The molecule has 1 fully saturated rings. The van der Waals surface area contributed by atoms with E-state index >= 15 is 0 Å². The van der Waals surface area contributed by atoms with E-state index in [4.69, 9.17) is 10.5 Å². The van der Waals surface area contributed by atoms with Crippen molar-refractivity contribution in [3.63, 3.8) is 0 Å². The first-order valence-corrected chi connectivity index (χ1v) is 9.92. The Morgan fingerprint density at radius 2 is 2.03 bits per heavy atom. The molecule has 0 saturated carbocycles. The maximum Gasteiger partial charge on any atom is 0.320 e. The molecule has 4 heterocycles. The quantitative estimate of drug-likeness (QED) is 0.502. The van der Waals surface area contributed by atoms with Gasteiger partial charge in [0, 0.05) is 32.4 Å². The van der Waals surface area contributed by atoms with E-state index in [9.17, 15) is 5.11 Å². The Bertz CT molecular complexity index is 966. The van der Waals surface area contributed by atoms with E-state index in [0.29, 0.717) is 24.3 Å². The van der Waals surface area contributed by atoms with Crippen molar-refractivity contribution in [1.29, 1.82) is 0 Å². The zero-order valence-corrected chi connectivity index (χ0v) is 16.5. The minimum atomic E-state index is -0.169. The molecule has 0 aromatic carbocycles. The van der Waals surface area contributed by atoms with Gasteiger partial charge >= 0.3 is 6.01 Å². The maximum absolute atomic E-state index is 10.3. The van der Waals surface area contributed by atoms with Crippen LogP contribution in [0.1, 0.15) is 25.3 Å². The molecule has 0 radical (unpaired) electrons. The number of imidazole rings is 1. The van der Waals surface area contributed by atoms with Crippen LogP contribution in [0.5, 0.6) is 12.0 Å². The number of ether oxygens (including phenoxy) is 1. The average molecular weight is 398 g/mol. The number of aromatic hydroxyl groups is 1. The number of nitrogen functional groups attached to an aromatic ring is 1. The zero-order valence-electron chi connectivity index (χ0n) is 16.5. The molecule has 29 heavy (non-hydrogen) atoms. The molecule has 3 aromatic rings. The average Bonchev–Trinajstić information content (AvgIpc) is 3.05. The number of nitrogens with zero attached hydrogens (tertiary/aromatic N) is 6. The first kappa shape index (κ1) is 19.2. The molecule has 10 nitrogen and oxygen atoms in total. The number of unbranched alkanes of at least 4 members (excludes halogenated alkanes) is 1. The molecule has 1 aliphatic heterocycles.